The standard InChI is InChI=1S/C22H28N4O2S/c1-3-4-12-25-17-21(19-9-7-11-23-22(19)25)29(27,28)26-15-13-24(14-16-26)20-10-6-5-8-18(20)2/h5-11,17H,3-4,12-16H2,1-2H3. The molecule has 0 radical (unpaired) electrons. The summed E-state index contributed by atoms with van der Waals surface area (Å²) in [5, 5.41) is 0.713. The smallest absolute Gasteiger partial charge is 0.245 e. The summed E-state index contributed by atoms with van der Waals surface area (Å²) in [6.07, 6.45) is 5.54. The highest BCUT2D eigenvalue weighted by atomic mass is 32.2. The first-order valence-corrected chi connectivity index (χ1v) is 11.7. The van der Waals surface area contributed by atoms with Crippen molar-refractivity contribution in [2.45, 2.75) is 38.1 Å². The van der Waals surface area contributed by atoms with Crippen LogP contribution in [0.15, 0.2) is 53.7 Å². The van der Waals surface area contributed by atoms with Crippen LogP contribution < -0.4 is 4.90 Å². The summed E-state index contributed by atoms with van der Waals surface area (Å²) in [5.74, 6) is 0. The van der Waals surface area contributed by atoms with Crippen molar-refractivity contribution in [3.8, 4) is 0 Å². The Morgan fingerprint density at radius 2 is 1.79 bits per heavy atom. The van der Waals surface area contributed by atoms with Gasteiger partial charge in [0.15, 0.2) is 0 Å². The molecule has 4 rings (SSSR count). The number of sulfonamides is 1. The molecule has 1 aliphatic heterocycles. The van der Waals surface area contributed by atoms with Gasteiger partial charge in [0.05, 0.1) is 0 Å². The molecule has 3 aromatic rings. The molecule has 0 atom stereocenters. The van der Waals surface area contributed by atoms with Crippen LogP contribution in [0.5, 0.6) is 0 Å². The largest absolute Gasteiger partial charge is 0.369 e. The van der Waals surface area contributed by atoms with Crippen LogP contribution in [0, 0.1) is 6.92 Å². The lowest BCUT2D eigenvalue weighted by atomic mass is 10.1. The summed E-state index contributed by atoms with van der Waals surface area (Å²) in [4.78, 5) is 7.09. The average molecular weight is 413 g/mol. The summed E-state index contributed by atoms with van der Waals surface area (Å²) in [5.41, 5.74) is 3.15. The molecule has 154 valence electrons. The fourth-order valence-corrected chi connectivity index (χ4v) is 5.64. The number of rotatable bonds is 6. The second kappa shape index (κ2) is 8.16. The van der Waals surface area contributed by atoms with Gasteiger partial charge in [-0.05, 0) is 37.1 Å². The molecule has 0 unspecified atom stereocenters. The van der Waals surface area contributed by atoms with Gasteiger partial charge in [0.2, 0.25) is 10.0 Å². The van der Waals surface area contributed by atoms with Crippen molar-refractivity contribution in [3.05, 3.63) is 54.4 Å². The summed E-state index contributed by atoms with van der Waals surface area (Å²) >= 11 is 0. The summed E-state index contributed by atoms with van der Waals surface area (Å²) in [7, 11) is -3.56. The molecule has 6 nitrogen and oxygen atoms in total. The van der Waals surface area contributed by atoms with E-state index >= 15 is 0 Å². The number of fused-ring (bicyclic) bond motifs is 1. The normalized spacial score (nSPS) is 15.9. The SMILES string of the molecule is CCCCn1cc(S(=O)(=O)N2CCN(c3ccccc3C)CC2)c2cccnc21. The lowest BCUT2D eigenvalue weighted by Crippen LogP contribution is -2.48. The molecule has 2 aromatic heterocycles. The number of anilines is 1. The molecular weight excluding hydrogens is 384 g/mol. The Hall–Kier alpha value is -2.38. The van der Waals surface area contributed by atoms with Crippen LogP contribution in [0.3, 0.4) is 0 Å². The number of pyridine rings is 1. The molecule has 0 bridgehead atoms. The van der Waals surface area contributed by atoms with Crippen LogP contribution in [-0.4, -0.2) is 48.5 Å². The van der Waals surface area contributed by atoms with E-state index < -0.39 is 10.0 Å². The second-order valence-corrected chi connectivity index (χ2v) is 9.50. The summed E-state index contributed by atoms with van der Waals surface area (Å²) < 4.78 is 30.5. The van der Waals surface area contributed by atoms with E-state index in [1.54, 1.807) is 16.7 Å². The first kappa shape index (κ1) is 19.9. The minimum absolute atomic E-state index is 0.376. The van der Waals surface area contributed by atoms with Crippen LogP contribution in [-0.2, 0) is 16.6 Å². The first-order valence-electron chi connectivity index (χ1n) is 10.3. The van der Waals surface area contributed by atoms with Crippen molar-refractivity contribution >= 4 is 26.7 Å². The minimum atomic E-state index is -3.56. The predicted octanol–water partition coefficient (Wildman–Crippen LogP) is 3.66. The molecule has 7 heteroatoms. The van der Waals surface area contributed by atoms with Gasteiger partial charge in [0.1, 0.15) is 10.5 Å². The number of unbranched alkanes of at least 4 members (excludes halogenated alkanes) is 1. The topological polar surface area (TPSA) is 58.4 Å². The van der Waals surface area contributed by atoms with Crippen molar-refractivity contribution in [3.63, 3.8) is 0 Å². The lowest BCUT2D eigenvalue weighted by Gasteiger charge is -2.36. The van der Waals surface area contributed by atoms with Crippen molar-refractivity contribution in [2.75, 3.05) is 31.1 Å². The Kier molecular flexibility index (Phi) is 5.61. The Bertz CT molecular complexity index is 1100. The number of nitrogens with zero attached hydrogens (tertiary/aromatic N) is 4. The van der Waals surface area contributed by atoms with E-state index in [9.17, 15) is 8.42 Å². The van der Waals surface area contributed by atoms with Crippen molar-refractivity contribution in [1.29, 1.82) is 0 Å². The quantitative estimate of drug-likeness (QED) is 0.620. The number of hydrogen-bond acceptors (Lipinski definition) is 4. The minimum Gasteiger partial charge on any atom is -0.369 e. The van der Waals surface area contributed by atoms with Gasteiger partial charge in [-0.25, -0.2) is 13.4 Å². The Labute approximate surface area is 172 Å². The maximum Gasteiger partial charge on any atom is 0.245 e. The number of benzene rings is 1. The van der Waals surface area contributed by atoms with Crippen molar-refractivity contribution in [1.82, 2.24) is 13.9 Å². The molecule has 1 aromatic carbocycles. The fraction of sp³-hybridized carbons (Fsp3) is 0.409. The third kappa shape index (κ3) is 3.76. The van der Waals surface area contributed by atoms with E-state index in [0.29, 0.717) is 36.5 Å². The van der Waals surface area contributed by atoms with E-state index in [2.05, 4.69) is 35.9 Å². The zero-order chi connectivity index (χ0) is 20.4. The molecule has 0 amide bonds. The third-order valence-corrected chi connectivity index (χ3v) is 7.59. The van der Waals surface area contributed by atoms with Gasteiger partial charge in [0.25, 0.3) is 0 Å². The van der Waals surface area contributed by atoms with Crippen LogP contribution in [0.4, 0.5) is 5.69 Å². The van der Waals surface area contributed by atoms with E-state index in [1.807, 2.05) is 28.8 Å². The number of aromatic nitrogens is 2. The highest BCUT2D eigenvalue weighted by Gasteiger charge is 2.31. The van der Waals surface area contributed by atoms with E-state index in [1.165, 1.54) is 11.3 Å². The van der Waals surface area contributed by atoms with Crippen LogP contribution in [0.1, 0.15) is 25.3 Å². The second-order valence-electron chi connectivity index (χ2n) is 7.59. The maximum atomic E-state index is 13.5. The van der Waals surface area contributed by atoms with Crippen LogP contribution in [0.25, 0.3) is 11.0 Å². The van der Waals surface area contributed by atoms with Gasteiger partial charge in [-0.1, -0.05) is 31.5 Å². The van der Waals surface area contributed by atoms with Gasteiger partial charge in [-0.3, -0.25) is 0 Å². The molecule has 29 heavy (non-hydrogen) atoms. The lowest BCUT2D eigenvalue weighted by molar-refractivity contribution is 0.385. The number of piperazine rings is 1. The summed E-state index contributed by atoms with van der Waals surface area (Å²) in [6, 6.07) is 11.9. The first-order chi connectivity index (χ1) is 14.0. The molecular formula is C22H28N4O2S. The van der Waals surface area contributed by atoms with E-state index in [0.717, 1.165) is 25.0 Å². The molecule has 0 spiro atoms. The van der Waals surface area contributed by atoms with Crippen LogP contribution >= 0.6 is 0 Å². The van der Waals surface area contributed by atoms with Gasteiger partial charge >= 0.3 is 0 Å². The third-order valence-electron chi connectivity index (χ3n) is 5.66. The highest BCUT2D eigenvalue weighted by molar-refractivity contribution is 7.89. The van der Waals surface area contributed by atoms with Crippen molar-refractivity contribution in [2.24, 2.45) is 0 Å². The Morgan fingerprint density at radius 1 is 1.03 bits per heavy atom. The molecule has 0 aliphatic carbocycles. The molecule has 0 N–H and O–H groups in total. The molecule has 1 saturated heterocycles. The van der Waals surface area contributed by atoms with Gasteiger partial charge in [-0.15, -0.1) is 0 Å². The fourth-order valence-electron chi connectivity index (χ4n) is 4.02. The predicted molar refractivity (Wildman–Crippen MR) is 117 cm³/mol. The van der Waals surface area contributed by atoms with E-state index in [-0.39, 0.29) is 0 Å². The van der Waals surface area contributed by atoms with Crippen molar-refractivity contribution < 1.29 is 8.42 Å². The highest BCUT2D eigenvalue weighted by Crippen LogP contribution is 2.29. The van der Waals surface area contributed by atoms with Gasteiger partial charge in [0, 0.05) is 56.2 Å². The average Bonchev–Trinajstić information content (AvgIpc) is 3.12. The molecule has 0 saturated carbocycles. The number of aryl methyl sites for hydroxylation is 2. The summed E-state index contributed by atoms with van der Waals surface area (Å²) in [6.45, 7) is 7.35. The Morgan fingerprint density at radius 3 is 2.52 bits per heavy atom. The zero-order valence-electron chi connectivity index (χ0n) is 17.1. The monoisotopic (exact) mass is 412 g/mol. The van der Waals surface area contributed by atoms with Crippen LogP contribution in [0.2, 0.25) is 0 Å². The maximum absolute atomic E-state index is 13.5. The zero-order valence-corrected chi connectivity index (χ0v) is 17.9. The Balaban J connectivity index is 1.59. The van der Waals surface area contributed by atoms with E-state index in [4.69, 9.17) is 0 Å². The number of para-hydroxylation sites is 1. The molecule has 1 fully saturated rings. The molecule has 3 heterocycles. The molecule has 1 aliphatic rings. The number of hydrogen-bond donors (Lipinski definition) is 0. The van der Waals surface area contributed by atoms with Gasteiger partial charge < -0.3 is 9.47 Å². The van der Waals surface area contributed by atoms with Gasteiger partial charge in [-0.2, -0.15) is 4.31 Å².